The molecule has 3 aromatic heterocycles. The summed E-state index contributed by atoms with van der Waals surface area (Å²) in [6.07, 6.45) is 4.88. The van der Waals surface area contributed by atoms with Crippen molar-refractivity contribution < 1.29 is 19.0 Å². The van der Waals surface area contributed by atoms with Crippen molar-refractivity contribution in [2.45, 2.75) is 19.4 Å². The summed E-state index contributed by atoms with van der Waals surface area (Å²) in [7, 11) is 1.29. The molecule has 2 N–H and O–H groups in total. The minimum atomic E-state index is -0.650. The van der Waals surface area contributed by atoms with E-state index in [2.05, 4.69) is 25.3 Å². The molecule has 9 nitrogen and oxygen atoms in total. The summed E-state index contributed by atoms with van der Waals surface area (Å²) in [4.78, 5) is 31.3. The van der Waals surface area contributed by atoms with Gasteiger partial charge in [0.05, 0.1) is 24.9 Å². The summed E-state index contributed by atoms with van der Waals surface area (Å²) >= 11 is 1.05. The maximum absolute atomic E-state index is 14.9. The van der Waals surface area contributed by atoms with Gasteiger partial charge in [0, 0.05) is 32.1 Å². The minimum Gasteiger partial charge on any atom is -0.465 e. The molecule has 0 spiro atoms. The third-order valence-electron chi connectivity index (χ3n) is 5.31. The van der Waals surface area contributed by atoms with Crippen LogP contribution in [0.25, 0.3) is 10.6 Å². The molecule has 1 fully saturated rings. The number of aliphatic hydroxyl groups excluding tert-OH is 1. The summed E-state index contributed by atoms with van der Waals surface area (Å²) in [5, 5.41) is 12.6. The summed E-state index contributed by atoms with van der Waals surface area (Å²) < 4.78 is 19.8. The van der Waals surface area contributed by atoms with E-state index in [4.69, 9.17) is 4.74 Å². The van der Waals surface area contributed by atoms with Crippen molar-refractivity contribution in [2.24, 2.45) is 5.92 Å². The SMILES string of the molecule is COC(=O)c1sc(-c2ccc(N3CCC(CO)CC3)nc2F)nc1CNc1ncccn1. The van der Waals surface area contributed by atoms with E-state index in [1.807, 2.05) is 4.90 Å². The van der Waals surface area contributed by atoms with E-state index < -0.39 is 11.9 Å². The van der Waals surface area contributed by atoms with Gasteiger partial charge in [-0.05, 0) is 37.0 Å². The first kappa shape index (κ1) is 22.0. The van der Waals surface area contributed by atoms with Gasteiger partial charge >= 0.3 is 5.97 Å². The van der Waals surface area contributed by atoms with E-state index in [-0.39, 0.29) is 29.5 Å². The van der Waals surface area contributed by atoms with Gasteiger partial charge < -0.3 is 20.1 Å². The van der Waals surface area contributed by atoms with Crippen molar-refractivity contribution in [1.29, 1.82) is 0 Å². The molecule has 0 aliphatic carbocycles. The lowest BCUT2D eigenvalue weighted by Gasteiger charge is -2.32. The number of nitrogens with one attached hydrogen (secondary N) is 1. The molecule has 0 bridgehead atoms. The van der Waals surface area contributed by atoms with Crippen LogP contribution in [0, 0.1) is 11.9 Å². The molecule has 0 atom stereocenters. The third kappa shape index (κ3) is 4.83. The van der Waals surface area contributed by atoms with Crippen LogP contribution in [0.4, 0.5) is 16.2 Å². The van der Waals surface area contributed by atoms with Gasteiger partial charge in [0.15, 0.2) is 0 Å². The Hall–Kier alpha value is -3.18. The fourth-order valence-corrected chi connectivity index (χ4v) is 4.51. The average Bonchev–Trinajstić information content (AvgIpc) is 3.27. The van der Waals surface area contributed by atoms with Gasteiger partial charge in [-0.25, -0.2) is 24.7 Å². The van der Waals surface area contributed by atoms with Crippen LogP contribution in [0.5, 0.6) is 0 Å². The third-order valence-corrected chi connectivity index (χ3v) is 6.42. The second kappa shape index (κ2) is 9.96. The van der Waals surface area contributed by atoms with Crippen molar-refractivity contribution in [3.8, 4) is 10.6 Å². The predicted octanol–water partition coefficient (Wildman–Crippen LogP) is 2.74. The van der Waals surface area contributed by atoms with Crippen LogP contribution in [0.15, 0.2) is 30.6 Å². The standard InChI is InChI=1S/C21H23FN6O3S/c1-31-20(30)17-15(11-25-21-23-7-2-8-24-21)26-19(32-17)14-3-4-16(27-18(14)22)28-9-5-13(12-29)6-10-28/h2-4,7-8,13,29H,5-6,9-12H2,1H3,(H,23,24,25). The van der Waals surface area contributed by atoms with Crippen LogP contribution in [0.2, 0.25) is 0 Å². The number of pyridine rings is 1. The molecule has 0 radical (unpaired) electrons. The fraction of sp³-hybridized carbons (Fsp3) is 0.381. The van der Waals surface area contributed by atoms with Crippen LogP contribution < -0.4 is 10.2 Å². The van der Waals surface area contributed by atoms with Crippen molar-refractivity contribution in [3.63, 3.8) is 0 Å². The molecule has 32 heavy (non-hydrogen) atoms. The maximum Gasteiger partial charge on any atom is 0.350 e. The molecule has 1 saturated heterocycles. The Bertz CT molecular complexity index is 1070. The van der Waals surface area contributed by atoms with E-state index in [0.717, 1.165) is 37.3 Å². The van der Waals surface area contributed by atoms with Gasteiger partial charge in [-0.1, -0.05) is 0 Å². The normalized spacial score (nSPS) is 14.4. The van der Waals surface area contributed by atoms with Gasteiger partial charge in [0.1, 0.15) is 15.7 Å². The van der Waals surface area contributed by atoms with Gasteiger partial charge in [0.25, 0.3) is 0 Å². The molecule has 1 aliphatic rings. The van der Waals surface area contributed by atoms with E-state index in [0.29, 0.717) is 22.5 Å². The van der Waals surface area contributed by atoms with Crippen LogP contribution >= 0.6 is 11.3 Å². The Morgan fingerprint density at radius 3 is 2.69 bits per heavy atom. The number of carbonyl (C=O) groups is 1. The molecule has 0 saturated carbocycles. The Kier molecular flexibility index (Phi) is 6.86. The number of aliphatic hydroxyl groups is 1. The number of thiazole rings is 1. The number of anilines is 2. The number of hydrogen-bond donors (Lipinski definition) is 2. The zero-order chi connectivity index (χ0) is 22.5. The first-order valence-electron chi connectivity index (χ1n) is 10.2. The number of nitrogens with zero attached hydrogens (tertiary/aromatic N) is 5. The van der Waals surface area contributed by atoms with Crippen LogP contribution in [0.3, 0.4) is 0 Å². The second-order valence-corrected chi connectivity index (χ2v) is 8.33. The first-order chi connectivity index (χ1) is 15.6. The van der Waals surface area contributed by atoms with Crippen molar-refractivity contribution in [2.75, 3.05) is 37.0 Å². The minimum absolute atomic E-state index is 0.175. The zero-order valence-corrected chi connectivity index (χ0v) is 18.3. The summed E-state index contributed by atoms with van der Waals surface area (Å²) in [6, 6.07) is 5.08. The molecule has 1 aliphatic heterocycles. The summed E-state index contributed by atoms with van der Waals surface area (Å²) in [5.41, 5.74) is 0.634. The molecule has 0 amide bonds. The Morgan fingerprint density at radius 2 is 2.03 bits per heavy atom. The van der Waals surface area contributed by atoms with Crippen LogP contribution in [0.1, 0.15) is 28.2 Å². The highest BCUT2D eigenvalue weighted by atomic mass is 32.1. The number of esters is 1. The number of carbonyl (C=O) groups excluding carboxylic acids is 1. The molecular formula is C21H23FN6O3S. The lowest BCUT2D eigenvalue weighted by molar-refractivity contribution is 0.0605. The highest BCUT2D eigenvalue weighted by Crippen LogP contribution is 2.32. The molecule has 4 heterocycles. The topological polar surface area (TPSA) is 113 Å². The second-order valence-electron chi connectivity index (χ2n) is 7.33. The predicted molar refractivity (Wildman–Crippen MR) is 118 cm³/mol. The van der Waals surface area contributed by atoms with Gasteiger partial charge in [-0.3, -0.25) is 0 Å². The average molecular weight is 459 g/mol. The molecule has 4 rings (SSSR count). The molecule has 11 heteroatoms. The van der Waals surface area contributed by atoms with Gasteiger partial charge in [-0.2, -0.15) is 4.39 Å². The molecule has 168 valence electrons. The number of hydrogen-bond acceptors (Lipinski definition) is 10. The van der Waals surface area contributed by atoms with Crippen molar-refractivity contribution >= 4 is 29.1 Å². The van der Waals surface area contributed by atoms with Gasteiger partial charge in [0.2, 0.25) is 11.9 Å². The Morgan fingerprint density at radius 1 is 1.28 bits per heavy atom. The van der Waals surface area contributed by atoms with Crippen LogP contribution in [-0.4, -0.2) is 57.8 Å². The van der Waals surface area contributed by atoms with Crippen molar-refractivity contribution in [1.82, 2.24) is 19.9 Å². The van der Waals surface area contributed by atoms with Crippen LogP contribution in [-0.2, 0) is 11.3 Å². The Balaban J connectivity index is 1.56. The van der Waals surface area contributed by atoms with E-state index in [9.17, 15) is 14.3 Å². The number of methoxy groups -OCH3 is 1. The van der Waals surface area contributed by atoms with Gasteiger partial charge in [-0.15, -0.1) is 11.3 Å². The number of rotatable bonds is 7. The maximum atomic E-state index is 14.9. The van der Waals surface area contributed by atoms with E-state index in [1.54, 1.807) is 30.6 Å². The summed E-state index contributed by atoms with van der Waals surface area (Å²) in [6.45, 7) is 1.79. The quantitative estimate of drug-likeness (QED) is 0.407. The highest BCUT2D eigenvalue weighted by molar-refractivity contribution is 7.17. The number of ether oxygens (including phenoxy) is 1. The lowest BCUT2D eigenvalue weighted by Crippen LogP contribution is -2.35. The largest absolute Gasteiger partial charge is 0.465 e. The molecule has 3 aromatic rings. The van der Waals surface area contributed by atoms with Crippen molar-refractivity contribution in [3.05, 3.63) is 47.1 Å². The number of halogens is 1. The van der Waals surface area contributed by atoms with E-state index in [1.165, 1.54) is 7.11 Å². The molecule has 0 unspecified atom stereocenters. The first-order valence-corrected chi connectivity index (χ1v) is 11.0. The summed E-state index contributed by atoms with van der Waals surface area (Å²) in [5.74, 6) is 0.0328. The Labute approximate surface area is 188 Å². The number of piperidine rings is 1. The smallest absolute Gasteiger partial charge is 0.350 e. The molecular weight excluding hydrogens is 435 g/mol. The zero-order valence-electron chi connectivity index (χ0n) is 17.5. The lowest BCUT2D eigenvalue weighted by atomic mass is 9.98. The fourth-order valence-electron chi connectivity index (χ4n) is 3.50. The number of aromatic nitrogens is 4. The van der Waals surface area contributed by atoms with E-state index >= 15 is 0 Å². The molecule has 0 aromatic carbocycles. The monoisotopic (exact) mass is 458 g/mol. The highest BCUT2D eigenvalue weighted by Gasteiger charge is 2.24.